The molecule has 0 spiro atoms. The summed E-state index contributed by atoms with van der Waals surface area (Å²) < 4.78 is 5.21. The van der Waals surface area contributed by atoms with Gasteiger partial charge in [0.2, 0.25) is 5.91 Å². The predicted octanol–water partition coefficient (Wildman–Crippen LogP) is 3.94. The molecule has 4 rings (SSSR count). The maximum atomic E-state index is 12.5. The van der Waals surface area contributed by atoms with Gasteiger partial charge in [-0.05, 0) is 35.6 Å². The molecule has 1 heterocycles. The molecule has 2 amide bonds. The lowest BCUT2D eigenvalue weighted by molar-refractivity contribution is -0.151. The highest BCUT2D eigenvalue weighted by Gasteiger charge is 2.36. The van der Waals surface area contributed by atoms with E-state index in [9.17, 15) is 14.4 Å². The summed E-state index contributed by atoms with van der Waals surface area (Å²) in [5.41, 5.74) is 2.62. The van der Waals surface area contributed by atoms with Crippen molar-refractivity contribution in [3.63, 3.8) is 0 Å². The van der Waals surface area contributed by atoms with Crippen molar-refractivity contribution in [3.8, 4) is 0 Å². The topological polar surface area (TPSA) is 75.7 Å². The lowest BCUT2D eigenvalue weighted by atomic mass is 10.1. The first kappa shape index (κ1) is 20.6. The zero-order chi connectivity index (χ0) is 21.8. The van der Waals surface area contributed by atoms with Gasteiger partial charge in [-0.2, -0.15) is 0 Å². The molecular weight excluding hydrogens is 392 g/mol. The van der Waals surface area contributed by atoms with Crippen molar-refractivity contribution in [3.05, 3.63) is 72.3 Å². The summed E-state index contributed by atoms with van der Waals surface area (Å²) in [5, 5.41) is 4.71. The molecule has 0 saturated carbocycles. The number of nitrogens with zero attached hydrogens (tertiary/aromatic N) is 1. The minimum Gasteiger partial charge on any atom is -0.455 e. The van der Waals surface area contributed by atoms with Crippen LogP contribution in [0, 0.1) is 5.92 Å². The van der Waals surface area contributed by atoms with E-state index in [0.717, 1.165) is 22.9 Å². The molecule has 6 heteroatoms. The molecule has 6 nitrogen and oxygen atoms in total. The van der Waals surface area contributed by atoms with Crippen LogP contribution in [0.4, 0.5) is 11.4 Å². The fraction of sp³-hybridized carbons (Fsp3) is 0.240. The lowest BCUT2D eigenvalue weighted by Gasteiger charge is -2.17. The zero-order valence-electron chi connectivity index (χ0n) is 17.3. The van der Waals surface area contributed by atoms with Crippen LogP contribution in [-0.2, 0) is 25.5 Å². The number of carbonyl (C=O) groups is 3. The molecule has 158 valence electrons. The maximum Gasteiger partial charge on any atom is 0.311 e. The van der Waals surface area contributed by atoms with E-state index in [4.69, 9.17) is 4.74 Å². The summed E-state index contributed by atoms with van der Waals surface area (Å²) in [6.45, 7) is 1.94. The molecule has 1 fully saturated rings. The van der Waals surface area contributed by atoms with Gasteiger partial charge in [0.05, 0.1) is 5.92 Å². The molecule has 1 saturated heterocycles. The average Bonchev–Trinajstić information content (AvgIpc) is 3.19. The van der Waals surface area contributed by atoms with Gasteiger partial charge < -0.3 is 15.0 Å². The van der Waals surface area contributed by atoms with Gasteiger partial charge >= 0.3 is 5.97 Å². The van der Waals surface area contributed by atoms with E-state index in [1.54, 1.807) is 11.0 Å². The van der Waals surface area contributed by atoms with Crippen LogP contribution in [0.1, 0.15) is 18.9 Å². The Morgan fingerprint density at radius 1 is 1.03 bits per heavy atom. The Balaban J connectivity index is 1.33. The fourth-order valence-electron chi connectivity index (χ4n) is 3.80. The second-order valence-electron chi connectivity index (χ2n) is 7.61. The van der Waals surface area contributed by atoms with Gasteiger partial charge in [0, 0.05) is 29.7 Å². The summed E-state index contributed by atoms with van der Waals surface area (Å²) in [5.74, 6) is -1.65. The second-order valence-corrected chi connectivity index (χ2v) is 7.61. The number of anilines is 2. The number of fused-ring (bicyclic) bond motifs is 1. The van der Waals surface area contributed by atoms with E-state index in [1.807, 2.05) is 60.7 Å². The minimum absolute atomic E-state index is 0.0826. The highest BCUT2D eigenvalue weighted by molar-refractivity contribution is 6.03. The molecule has 1 atom stereocenters. The van der Waals surface area contributed by atoms with E-state index in [1.165, 1.54) is 5.56 Å². The third-order valence-corrected chi connectivity index (χ3v) is 5.52. The van der Waals surface area contributed by atoms with Crippen LogP contribution in [0.3, 0.4) is 0 Å². The standard InChI is InChI=1S/C25H24N2O4/c1-2-17-10-12-20(13-11-17)27-15-19(14-24(27)29)25(30)31-16-23(28)26-22-9-5-7-18-6-3-4-8-21(18)22/h3-13,19H,2,14-16H2,1H3,(H,26,28)/t19-/m0/s1. The summed E-state index contributed by atoms with van der Waals surface area (Å²) >= 11 is 0. The van der Waals surface area contributed by atoms with Crippen molar-refractivity contribution < 1.29 is 19.1 Å². The molecule has 0 bridgehead atoms. The summed E-state index contributed by atoms with van der Waals surface area (Å²) in [4.78, 5) is 38.8. The third-order valence-electron chi connectivity index (χ3n) is 5.52. The Kier molecular flexibility index (Phi) is 5.98. The Hall–Kier alpha value is -3.67. The first-order valence-electron chi connectivity index (χ1n) is 10.4. The van der Waals surface area contributed by atoms with E-state index in [-0.39, 0.29) is 18.9 Å². The Bertz CT molecular complexity index is 1120. The summed E-state index contributed by atoms with van der Waals surface area (Å²) in [6.07, 6.45) is 1.00. The van der Waals surface area contributed by atoms with Gasteiger partial charge in [0.25, 0.3) is 5.91 Å². The largest absolute Gasteiger partial charge is 0.455 e. The quantitative estimate of drug-likeness (QED) is 0.618. The van der Waals surface area contributed by atoms with Gasteiger partial charge in [-0.25, -0.2) is 0 Å². The van der Waals surface area contributed by atoms with Crippen molar-refractivity contribution in [2.24, 2.45) is 5.92 Å². The van der Waals surface area contributed by atoms with Gasteiger partial charge in [0.1, 0.15) is 0 Å². The van der Waals surface area contributed by atoms with Crippen molar-refractivity contribution in [2.45, 2.75) is 19.8 Å². The first-order valence-corrected chi connectivity index (χ1v) is 10.4. The van der Waals surface area contributed by atoms with Crippen molar-refractivity contribution >= 4 is 39.9 Å². The number of hydrogen-bond acceptors (Lipinski definition) is 4. The summed E-state index contributed by atoms with van der Waals surface area (Å²) in [7, 11) is 0. The number of rotatable bonds is 6. The smallest absolute Gasteiger partial charge is 0.311 e. The van der Waals surface area contributed by atoms with Crippen LogP contribution >= 0.6 is 0 Å². The lowest BCUT2D eigenvalue weighted by Crippen LogP contribution is -2.28. The van der Waals surface area contributed by atoms with Crippen LogP contribution in [0.25, 0.3) is 10.8 Å². The molecule has 0 aromatic heterocycles. The zero-order valence-corrected chi connectivity index (χ0v) is 17.3. The molecule has 1 N–H and O–H groups in total. The molecule has 1 aliphatic rings. The van der Waals surface area contributed by atoms with E-state index < -0.39 is 24.4 Å². The highest BCUT2D eigenvalue weighted by atomic mass is 16.5. The molecule has 0 aliphatic carbocycles. The SMILES string of the molecule is CCc1ccc(N2C[C@@H](C(=O)OCC(=O)Nc3cccc4ccccc34)CC2=O)cc1. The number of carbonyl (C=O) groups excluding carboxylic acids is 3. The number of ether oxygens (including phenoxy) is 1. The molecule has 0 radical (unpaired) electrons. The molecule has 0 unspecified atom stereocenters. The number of benzene rings is 3. The van der Waals surface area contributed by atoms with Crippen molar-refractivity contribution in [2.75, 3.05) is 23.4 Å². The monoisotopic (exact) mass is 416 g/mol. The maximum absolute atomic E-state index is 12.5. The Morgan fingerprint density at radius 3 is 2.55 bits per heavy atom. The number of nitrogens with one attached hydrogen (secondary N) is 1. The normalized spacial score (nSPS) is 15.8. The van der Waals surface area contributed by atoms with Crippen LogP contribution in [0.15, 0.2) is 66.7 Å². The number of esters is 1. The predicted molar refractivity (Wildman–Crippen MR) is 120 cm³/mol. The average molecular weight is 416 g/mol. The third kappa shape index (κ3) is 4.58. The van der Waals surface area contributed by atoms with Gasteiger partial charge in [-0.3, -0.25) is 14.4 Å². The molecule has 3 aromatic carbocycles. The molecular formula is C25H24N2O4. The van der Waals surface area contributed by atoms with Crippen LogP contribution in [0.2, 0.25) is 0 Å². The second kappa shape index (κ2) is 9.00. The number of amides is 2. The molecule has 3 aromatic rings. The summed E-state index contributed by atoms with van der Waals surface area (Å²) in [6, 6.07) is 21.1. The van der Waals surface area contributed by atoms with Crippen LogP contribution < -0.4 is 10.2 Å². The van der Waals surface area contributed by atoms with E-state index in [2.05, 4.69) is 12.2 Å². The molecule has 31 heavy (non-hydrogen) atoms. The molecule has 1 aliphatic heterocycles. The Labute approximate surface area is 180 Å². The number of hydrogen-bond donors (Lipinski definition) is 1. The Morgan fingerprint density at radius 2 is 1.77 bits per heavy atom. The van der Waals surface area contributed by atoms with Gasteiger partial charge in [-0.15, -0.1) is 0 Å². The van der Waals surface area contributed by atoms with Crippen LogP contribution in [0.5, 0.6) is 0 Å². The first-order chi connectivity index (χ1) is 15.0. The highest BCUT2D eigenvalue weighted by Crippen LogP contribution is 2.26. The fourth-order valence-corrected chi connectivity index (χ4v) is 3.80. The van der Waals surface area contributed by atoms with E-state index >= 15 is 0 Å². The minimum atomic E-state index is -0.580. The van der Waals surface area contributed by atoms with Gasteiger partial charge in [0.15, 0.2) is 6.61 Å². The number of aryl methyl sites for hydroxylation is 1. The van der Waals surface area contributed by atoms with Crippen molar-refractivity contribution in [1.82, 2.24) is 0 Å². The van der Waals surface area contributed by atoms with E-state index in [0.29, 0.717) is 5.69 Å². The van der Waals surface area contributed by atoms with Crippen LogP contribution in [-0.4, -0.2) is 30.9 Å². The van der Waals surface area contributed by atoms with Gasteiger partial charge in [-0.1, -0.05) is 55.5 Å². The van der Waals surface area contributed by atoms with Crippen molar-refractivity contribution in [1.29, 1.82) is 0 Å².